The number of benzene rings is 1. The van der Waals surface area contributed by atoms with Gasteiger partial charge in [0, 0.05) is 36.8 Å². The highest BCUT2D eigenvalue weighted by atomic mass is 19.1. The average molecular weight is 406 g/mol. The van der Waals surface area contributed by atoms with Crippen LogP contribution in [0.3, 0.4) is 0 Å². The van der Waals surface area contributed by atoms with Crippen LogP contribution in [0.1, 0.15) is 41.0 Å². The molecule has 1 fully saturated rings. The van der Waals surface area contributed by atoms with Crippen molar-refractivity contribution in [1.29, 1.82) is 0 Å². The Morgan fingerprint density at radius 2 is 2.13 bits per heavy atom. The minimum Gasteiger partial charge on any atom is -0.337 e. The summed E-state index contributed by atoms with van der Waals surface area (Å²) in [5, 5.41) is 8.63. The van der Waals surface area contributed by atoms with Gasteiger partial charge in [-0.25, -0.2) is 9.37 Å². The number of hydrogen-bond donors (Lipinski definition) is 0. The van der Waals surface area contributed by atoms with Gasteiger partial charge in [-0.05, 0) is 38.0 Å². The Morgan fingerprint density at radius 3 is 2.87 bits per heavy atom. The van der Waals surface area contributed by atoms with E-state index in [9.17, 15) is 9.18 Å². The summed E-state index contributed by atoms with van der Waals surface area (Å²) in [4.78, 5) is 24.2. The lowest BCUT2D eigenvalue weighted by Crippen LogP contribution is -2.31. The summed E-state index contributed by atoms with van der Waals surface area (Å²) in [7, 11) is 1.80. The van der Waals surface area contributed by atoms with Crippen LogP contribution in [0.25, 0.3) is 22.2 Å². The first-order valence-corrected chi connectivity index (χ1v) is 9.70. The predicted molar refractivity (Wildman–Crippen MR) is 106 cm³/mol. The van der Waals surface area contributed by atoms with Crippen LogP contribution < -0.4 is 0 Å². The molecule has 0 aliphatic carbocycles. The van der Waals surface area contributed by atoms with Crippen molar-refractivity contribution in [2.75, 3.05) is 6.54 Å². The third-order valence-electron chi connectivity index (χ3n) is 5.34. The Kier molecular flexibility index (Phi) is 4.30. The molecular weight excluding hydrogens is 387 g/mol. The zero-order valence-electron chi connectivity index (χ0n) is 16.5. The molecule has 1 aliphatic rings. The van der Waals surface area contributed by atoms with E-state index in [2.05, 4.69) is 20.2 Å². The Hall–Kier alpha value is -3.62. The topological polar surface area (TPSA) is 89.9 Å². The van der Waals surface area contributed by atoms with Crippen molar-refractivity contribution in [3.8, 4) is 11.3 Å². The van der Waals surface area contributed by atoms with Gasteiger partial charge in [0.1, 0.15) is 11.9 Å². The summed E-state index contributed by atoms with van der Waals surface area (Å²) in [6.07, 6.45) is 5.06. The van der Waals surface area contributed by atoms with E-state index in [0.717, 1.165) is 18.4 Å². The van der Waals surface area contributed by atoms with Gasteiger partial charge in [0.2, 0.25) is 5.89 Å². The molecule has 4 heterocycles. The van der Waals surface area contributed by atoms with Crippen LogP contribution in [0.5, 0.6) is 0 Å². The number of fused-ring (bicyclic) bond motifs is 1. The number of likely N-dealkylation sites (tertiary alicyclic amines) is 1. The maximum atomic E-state index is 13.9. The van der Waals surface area contributed by atoms with Gasteiger partial charge in [-0.1, -0.05) is 5.16 Å². The summed E-state index contributed by atoms with van der Waals surface area (Å²) in [6.45, 7) is 2.33. The third-order valence-corrected chi connectivity index (χ3v) is 5.34. The number of carbonyl (C=O) groups excluding carboxylic acids is 1. The molecule has 5 rings (SSSR count). The van der Waals surface area contributed by atoms with E-state index in [0.29, 0.717) is 40.4 Å². The highest BCUT2D eigenvalue weighted by molar-refractivity contribution is 6.07. The molecule has 1 amide bonds. The standard InChI is InChI=1S/C21H19FN6O2/c1-12-24-20(30-26-12)19-4-3-7-28(19)21(29)16-9-17(13-10-23-27(2)11-13)25-18-8-14(22)5-6-15(16)18/h5-6,8-11,19H,3-4,7H2,1-2H3/t19-/m0/s1. The van der Waals surface area contributed by atoms with E-state index in [4.69, 9.17) is 4.52 Å². The van der Waals surface area contributed by atoms with Crippen LogP contribution in [-0.4, -0.2) is 42.3 Å². The maximum Gasteiger partial charge on any atom is 0.255 e. The monoisotopic (exact) mass is 406 g/mol. The van der Waals surface area contributed by atoms with Crippen molar-refractivity contribution in [2.24, 2.45) is 7.05 Å². The number of pyridine rings is 1. The van der Waals surface area contributed by atoms with Gasteiger partial charge in [0.25, 0.3) is 5.91 Å². The molecule has 1 saturated heterocycles. The highest BCUT2D eigenvalue weighted by Gasteiger charge is 2.35. The summed E-state index contributed by atoms with van der Waals surface area (Å²) in [5.74, 6) is 0.401. The molecule has 0 unspecified atom stereocenters. The van der Waals surface area contributed by atoms with E-state index in [1.54, 1.807) is 41.9 Å². The van der Waals surface area contributed by atoms with Gasteiger partial charge in [0.15, 0.2) is 5.82 Å². The van der Waals surface area contributed by atoms with Gasteiger partial charge in [-0.15, -0.1) is 0 Å². The molecule has 1 aromatic carbocycles. The number of halogens is 1. The second-order valence-electron chi connectivity index (χ2n) is 7.46. The van der Waals surface area contributed by atoms with E-state index >= 15 is 0 Å². The van der Waals surface area contributed by atoms with E-state index in [1.165, 1.54) is 12.1 Å². The van der Waals surface area contributed by atoms with Crippen molar-refractivity contribution in [2.45, 2.75) is 25.8 Å². The summed E-state index contributed by atoms with van der Waals surface area (Å²) in [6, 6.07) is 5.75. The smallest absolute Gasteiger partial charge is 0.255 e. The lowest BCUT2D eigenvalue weighted by molar-refractivity contribution is 0.0712. The van der Waals surface area contributed by atoms with Crippen LogP contribution in [0.15, 0.2) is 41.2 Å². The van der Waals surface area contributed by atoms with Crippen LogP contribution in [0.2, 0.25) is 0 Å². The van der Waals surface area contributed by atoms with Gasteiger partial charge >= 0.3 is 0 Å². The molecule has 0 N–H and O–H groups in total. The van der Waals surface area contributed by atoms with E-state index < -0.39 is 5.82 Å². The predicted octanol–water partition coefficient (Wildman–Crippen LogP) is 3.44. The summed E-state index contributed by atoms with van der Waals surface area (Å²) < 4.78 is 20.9. The number of aromatic nitrogens is 5. The SMILES string of the molecule is Cc1noc([C@@H]2CCCN2C(=O)c2cc(-c3cnn(C)c3)nc3cc(F)ccc23)n1. The van der Waals surface area contributed by atoms with E-state index in [1.807, 2.05) is 6.20 Å². The molecule has 0 spiro atoms. The van der Waals surface area contributed by atoms with E-state index in [-0.39, 0.29) is 11.9 Å². The van der Waals surface area contributed by atoms with Crippen molar-refractivity contribution in [3.63, 3.8) is 0 Å². The van der Waals surface area contributed by atoms with Crippen molar-refractivity contribution in [3.05, 3.63) is 59.8 Å². The van der Waals surface area contributed by atoms with Gasteiger partial charge in [0.05, 0.1) is 23.0 Å². The minimum atomic E-state index is -0.405. The number of carbonyl (C=O) groups is 1. The first kappa shape index (κ1) is 18.4. The second-order valence-corrected chi connectivity index (χ2v) is 7.46. The van der Waals surface area contributed by atoms with Crippen LogP contribution >= 0.6 is 0 Å². The zero-order chi connectivity index (χ0) is 20.8. The summed E-state index contributed by atoms with van der Waals surface area (Å²) >= 11 is 0. The lowest BCUT2D eigenvalue weighted by atomic mass is 10.0. The molecule has 30 heavy (non-hydrogen) atoms. The fourth-order valence-corrected chi connectivity index (χ4v) is 3.95. The highest BCUT2D eigenvalue weighted by Crippen LogP contribution is 2.34. The fraction of sp³-hybridized carbons (Fsp3) is 0.286. The molecule has 152 valence electrons. The Bertz CT molecular complexity index is 1260. The van der Waals surface area contributed by atoms with Crippen LogP contribution in [-0.2, 0) is 7.05 Å². The minimum absolute atomic E-state index is 0.169. The lowest BCUT2D eigenvalue weighted by Gasteiger charge is -2.23. The fourth-order valence-electron chi connectivity index (χ4n) is 3.95. The number of amides is 1. The van der Waals surface area contributed by atoms with Crippen molar-refractivity contribution in [1.82, 2.24) is 29.8 Å². The quantitative estimate of drug-likeness (QED) is 0.518. The molecule has 1 aliphatic heterocycles. The van der Waals surface area contributed by atoms with Crippen LogP contribution in [0, 0.1) is 12.7 Å². The van der Waals surface area contributed by atoms with Crippen molar-refractivity contribution < 1.29 is 13.7 Å². The van der Waals surface area contributed by atoms with Crippen LogP contribution in [0.4, 0.5) is 4.39 Å². The van der Waals surface area contributed by atoms with Crippen molar-refractivity contribution >= 4 is 16.8 Å². The number of hydrogen-bond acceptors (Lipinski definition) is 6. The van der Waals surface area contributed by atoms with Gasteiger partial charge < -0.3 is 9.42 Å². The third kappa shape index (κ3) is 3.12. The normalized spacial score (nSPS) is 16.5. The molecule has 0 bridgehead atoms. The molecule has 3 aromatic heterocycles. The Balaban J connectivity index is 1.62. The number of aryl methyl sites for hydroxylation is 2. The molecule has 9 heteroatoms. The zero-order valence-corrected chi connectivity index (χ0v) is 16.5. The summed E-state index contributed by atoms with van der Waals surface area (Å²) in [5.41, 5.74) is 2.20. The first-order chi connectivity index (χ1) is 14.5. The Morgan fingerprint density at radius 1 is 1.27 bits per heavy atom. The molecular formula is C21H19FN6O2. The second kappa shape index (κ2) is 7.01. The average Bonchev–Trinajstić information content (AvgIpc) is 3.46. The Labute approximate surface area is 171 Å². The number of nitrogens with zero attached hydrogens (tertiary/aromatic N) is 6. The molecule has 1 atom stereocenters. The maximum absolute atomic E-state index is 13.9. The number of rotatable bonds is 3. The van der Waals surface area contributed by atoms with Gasteiger partial charge in [-0.3, -0.25) is 9.48 Å². The first-order valence-electron chi connectivity index (χ1n) is 9.70. The molecule has 8 nitrogen and oxygen atoms in total. The molecule has 4 aromatic rings. The van der Waals surface area contributed by atoms with Gasteiger partial charge in [-0.2, -0.15) is 10.1 Å². The molecule has 0 radical (unpaired) electrons. The molecule has 0 saturated carbocycles. The largest absolute Gasteiger partial charge is 0.337 e.